The molecule has 3 atom stereocenters. The van der Waals surface area contributed by atoms with Crippen LogP contribution in [-0.2, 0) is 6.42 Å². The average molecular weight is 258 g/mol. The van der Waals surface area contributed by atoms with Crippen LogP contribution < -0.4 is 5.32 Å². The molecule has 3 rings (SSSR count). The van der Waals surface area contributed by atoms with E-state index in [1.165, 1.54) is 35.4 Å². The molecule has 1 aromatic rings. The molecule has 0 aromatic carbocycles. The molecule has 3 heterocycles. The van der Waals surface area contributed by atoms with Gasteiger partial charge in [-0.05, 0) is 31.1 Å². The van der Waals surface area contributed by atoms with Crippen molar-refractivity contribution in [2.75, 3.05) is 20.6 Å². The van der Waals surface area contributed by atoms with Crippen molar-refractivity contribution in [3.05, 3.63) is 40.9 Å². The van der Waals surface area contributed by atoms with Crippen LogP contribution in [0.2, 0.25) is 0 Å². The van der Waals surface area contributed by atoms with Crippen molar-refractivity contribution in [2.45, 2.75) is 38.8 Å². The van der Waals surface area contributed by atoms with E-state index in [0.717, 1.165) is 10.9 Å². The molecule has 0 bridgehead atoms. The van der Waals surface area contributed by atoms with Crippen LogP contribution >= 0.6 is 0 Å². The van der Waals surface area contributed by atoms with Crippen molar-refractivity contribution in [3.8, 4) is 0 Å². The number of quaternary nitrogens is 1. The fourth-order valence-electron chi connectivity index (χ4n) is 3.96. The maximum absolute atomic E-state index is 4.33. The Kier molecular flexibility index (Phi) is 2.90. The minimum Gasteiger partial charge on any atom is -0.387 e. The smallest absolute Gasteiger partial charge is 0.134 e. The molecular weight excluding hydrogens is 234 g/mol. The summed E-state index contributed by atoms with van der Waals surface area (Å²) >= 11 is 0. The van der Waals surface area contributed by atoms with Gasteiger partial charge in [-0.1, -0.05) is 0 Å². The first-order valence-corrected chi connectivity index (χ1v) is 7.23. The van der Waals surface area contributed by atoms with Gasteiger partial charge >= 0.3 is 0 Å². The molecule has 2 aliphatic rings. The molecule has 1 N–H and O–H groups in total. The molecule has 19 heavy (non-hydrogen) atoms. The number of likely N-dealkylation sites (N-methyl/N-ethyl adjacent to an activating group) is 2. The first kappa shape index (κ1) is 12.7. The number of hydrogen-bond donors (Lipinski definition) is 1. The second-order valence-electron chi connectivity index (χ2n) is 6.23. The lowest BCUT2D eigenvalue weighted by Gasteiger charge is -2.52. The van der Waals surface area contributed by atoms with Gasteiger partial charge in [-0.25, -0.2) is 0 Å². The van der Waals surface area contributed by atoms with Gasteiger partial charge in [0, 0.05) is 37.8 Å². The molecule has 1 aromatic heterocycles. The Labute approximate surface area is 115 Å². The molecule has 3 heteroatoms. The molecule has 2 aliphatic heterocycles. The summed E-state index contributed by atoms with van der Waals surface area (Å²) in [6, 6.07) is 3.30. The number of fused-ring (bicyclic) bond motifs is 2. The van der Waals surface area contributed by atoms with E-state index in [0.29, 0.717) is 12.1 Å². The number of aromatic nitrogens is 1. The monoisotopic (exact) mass is 258 g/mol. The summed E-state index contributed by atoms with van der Waals surface area (Å²) in [5, 5.41) is 3.48. The van der Waals surface area contributed by atoms with E-state index >= 15 is 0 Å². The second kappa shape index (κ2) is 4.34. The molecule has 102 valence electrons. The normalized spacial score (nSPS) is 33.7. The fourth-order valence-corrected chi connectivity index (χ4v) is 3.96. The maximum atomic E-state index is 4.33. The van der Waals surface area contributed by atoms with Gasteiger partial charge in [0.15, 0.2) is 0 Å². The Morgan fingerprint density at radius 3 is 2.95 bits per heavy atom. The van der Waals surface area contributed by atoms with E-state index in [2.05, 4.69) is 50.5 Å². The quantitative estimate of drug-likeness (QED) is 0.783. The highest BCUT2D eigenvalue weighted by Crippen LogP contribution is 2.43. The van der Waals surface area contributed by atoms with Crippen LogP contribution in [0.5, 0.6) is 0 Å². The van der Waals surface area contributed by atoms with Crippen molar-refractivity contribution >= 4 is 0 Å². The largest absolute Gasteiger partial charge is 0.387 e. The summed E-state index contributed by atoms with van der Waals surface area (Å²) in [7, 11) is 4.48. The van der Waals surface area contributed by atoms with Crippen LogP contribution in [0.15, 0.2) is 29.7 Å². The summed E-state index contributed by atoms with van der Waals surface area (Å²) in [6.45, 7) is 5.87. The zero-order chi connectivity index (χ0) is 13.6. The van der Waals surface area contributed by atoms with E-state index in [4.69, 9.17) is 0 Å². The Hall–Kier alpha value is -1.35. The van der Waals surface area contributed by atoms with Gasteiger partial charge in [0.05, 0.1) is 19.3 Å². The minimum absolute atomic E-state index is 0.527. The number of pyridine rings is 1. The van der Waals surface area contributed by atoms with Crippen LogP contribution in [0, 0.1) is 0 Å². The maximum Gasteiger partial charge on any atom is 0.134 e. The first-order chi connectivity index (χ1) is 9.08. The molecule has 0 saturated carbocycles. The van der Waals surface area contributed by atoms with Crippen molar-refractivity contribution < 1.29 is 4.48 Å². The van der Waals surface area contributed by atoms with Gasteiger partial charge in [0.2, 0.25) is 0 Å². The van der Waals surface area contributed by atoms with Gasteiger partial charge in [-0.2, -0.15) is 0 Å². The van der Waals surface area contributed by atoms with Crippen LogP contribution in [0.3, 0.4) is 0 Å². The topological polar surface area (TPSA) is 24.9 Å². The molecule has 0 saturated heterocycles. The van der Waals surface area contributed by atoms with E-state index < -0.39 is 0 Å². The third kappa shape index (κ3) is 1.71. The molecule has 0 spiro atoms. The van der Waals surface area contributed by atoms with Gasteiger partial charge in [-0.3, -0.25) is 4.98 Å². The van der Waals surface area contributed by atoms with Crippen LogP contribution in [0.4, 0.5) is 0 Å². The van der Waals surface area contributed by atoms with Gasteiger partial charge in [-0.15, -0.1) is 0 Å². The summed E-state index contributed by atoms with van der Waals surface area (Å²) in [4.78, 5) is 4.33. The highest BCUT2D eigenvalue weighted by Gasteiger charge is 2.47. The van der Waals surface area contributed by atoms with E-state index in [9.17, 15) is 0 Å². The summed E-state index contributed by atoms with van der Waals surface area (Å²) in [5.41, 5.74) is 5.91. The predicted octanol–water partition coefficient (Wildman–Crippen LogP) is 2.41. The number of rotatable bonds is 1. The van der Waals surface area contributed by atoms with E-state index in [1.807, 2.05) is 6.20 Å². The van der Waals surface area contributed by atoms with Crippen molar-refractivity contribution in [2.24, 2.45) is 0 Å². The number of hydrogen-bond acceptors (Lipinski definition) is 2. The third-order valence-electron chi connectivity index (χ3n) is 5.44. The van der Waals surface area contributed by atoms with Crippen LogP contribution in [0.1, 0.15) is 37.4 Å². The van der Waals surface area contributed by atoms with Crippen LogP contribution in [-0.4, -0.2) is 36.1 Å². The minimum atomic E-state index is 0.527. The van der Waals surface area contributed by atoms with E-state index in [1.54, 1.807) is 0 Å². The van der Waals surface area contributed by atoms with Crippen molar-refractivity contribution in [1.82, 2.24) is 10.3 Å². The standard InChI is InChI=1S/C16H24N3/c1-11-6-8-19(4)12(2)14-10-18-7-5-13(14)9-15(19)16(11)17-3/h5,7,10,12,15,17H,6,8-9H2,1-4H3/q+1. The number of nitrogens with one attached hydrogen (secondary N) is 1. The summed E-state index contributed by atoms with van der Waals surface area (Å²) < 4.78 is 1.12. The van der Waals surface area contributed by atoms with Gasteiger partial charge < -0.3 is 9.80 Å². The van der Waals surface area contributed by atoms with Crippen molar-refractivity contribution in [1.29, 1.82) is 0 Å². The predicted molar refractivity (Wildman–Crippen MR) is 77.6 cm³/mol. The van der Waals surface area contributed by atoms with Crippen LogP contribution in [0.25, 0.3) is 0 Å². The van der Waals surface area contributed by atoms with Gasteiger partial charge in [0.25, 0.3) is 0 Å². The highest BCUT2D eigenvalue weighted by molar-refractivity contribution is 5.32. The molecule has 0 fully saturated rings. The summed E-state index contributed by atoms with van der Waals surface area (Å²) in [5.74, 6) is 0. The zero-order valence-electron chi connectivity index (χ0n) is 12.4. The third-order valence-corrected chi connectivity index (χ3v) is 5.44. The lowest BCUT2D eigenvalue weighted by atomic mass is 9.82. The highest BCUT2D eigenvalue weighted by atomic mass is 15.4. The average Bonchev–Trinajstić information content (AvgIpc) is 2.42. The molecular formula is C16H24N3+. The lowest BCUT2D eigenvalue weighted by Crippen LogP contribution is -2.61. The second-order valence-corrected chi connectivity index (χ2v) is 6.23. The Balaban J connectivity index is 2.12. The lowest BCUT2D eigenvalue weighted by molar-refractivity contribution is -0.959. The van der Waals surface area contributed by atoms with Crippen molar-refractivity contribution in [3.63, 3.8) is 0 Å². The van der Waals surface area contributed by atoms with Gasteiger partial charge in [0.1, 0.15) is 12.1 Å². The SMILES string of the molecule is CNC1=C(C)CC[N+]2(C)C1Cc1ccncc1C2C. The van der Waals surface area contributed by atoms with E-state index in [-0.39, 0.29) is 0 Å². The molecule has 0 aliphatic carbocycles. The fraction of sp³-hybridized carbons (Fsp3) is 0.562. The Bertz CT molecular complexity index is 535. The molecule has 0 radical (unpaired) electrons. The Morgan fingerprint density at radius 2 is 2.21 bits per heavy atom. The molecule has 3 nitrogen and oxygen atoms in total. The summed E-state index contributed by atoms with van der Waals surface area (Å²) in [6.07, 6.45) is 6.33. The number of nitrogens with zero attached hydrogens (tertiary/aromatic N) is 2. The Morgan fingerprint density at radius 1 is 1.42 bits per heavy atom. The zero-order valence-corrected chi connectivity index (χ0v) is 12.4. The molecule has 0 amide bonds. The first-order valence-electron chi connectivity index (χ1n) is 7.23. The molecule has 3 unspecified atom stereocenters.